The number of nitrogens with zero attached hydrogens (tertiary/aromatic N) is 1. The molecule has 2 fully saturated rings. The zero-order chi connectivity index (χ0) is 21.3. The molecule has 0 bridgehead atoms. The van der Waals surface area contributed by atoms with E-state index in [1.54, 1.807) is 25.7 Å². The van der Waals surface area contributed by atoms with Gasteiger partial charge in [-0.15, -0.1) is 0 Å². The maximum absolute atomic E-state index is 14.8. The Bertz CT molecular complexity index is 827. The smallest absolute Gasteiger partial charge is 0.410 e. The topological polar surface area (TPSA) is 75.7 Å². The highest BCUT2D eigenvalue weighted by molar-refractivity contribution is 6.00. The average Bonchev–Trinajstić information content (AvgIpc) is 2.62. The second kappa shape index (κ2) is 8.08. The van der Waals surface area contributed by atoms with E-state index in [1.807, 2.05) is 0 Å². The van der Waals surface area contributed by atoms with Gasteiger partial charge in [0.25, 0.3) is 0 Å². The summed E-state index contributed by atoms with van der Waals surface area (Å²) in [5, 5.41) is 2.17. The lowest BCUT2D eigenvalue weighted by Crippen LogP contribution is -2.41. The molecule has 1 N–H and O–H groups in total. The summed E-state index contributed by atoms with van der Waals surface area (Å²) >= 11 is 0. The molecular formula is C21H26F2N2O4. The Morgan fingerprint density at radius 2 is 1.66 bits per heavy atom. The number of halogens is 2. The molecule has 0 aromatic heterocycles. The zero-order valence-electron chi connectivity index (χ0n) is 16.9. The maximum atomic E-state index is 14.8. The van der Waals surface area contributed by atoms with Crippen LogP contribution >= 0.6 is 0 Å². The van der Waals surface area contributed by atoms with Crippen molar-refractivity contribution in [1.82, 2.24) is 10.2 Å². The maximum Gasteiger partial charge on any atom is 0.410 e. The van der Waals surface area contributed by atoms with E-state index in [1.165, 1.54) is 0 Å². The van der Waals surface area contributed by atoms with Gasteiger partial charge in [-0.05, 0) is 63.6 Å². The van der Waals surface area contributed by atoms with Crippen LogP contribution in [0.25, 0.3) is 0 Å². The minimum absolute atomic E-state index is 0.0255. The van der Waals surface area contributed by atoms with Gasteiger partial charge in [0, 0.05) is 25.1 Å². The molecule has 158 valence electrons. The number of amides is 3. The van der Waals surface area contributed by atoms with Gasteiger partial charge in [0.1, 0.15) is 17.2 Å². The normalized spacial score (nSPS) is 21.1. The van der Waals surface area contributed by atoms with Crippen LogP contribution in [0.1, 0.15) is 69.4 Å². The van der Waals surface area contributed by atoms with Gasteiger partial charge in [-0.2, -0.15) is 0 Å². The third-order valence-corrected chi connectivity index (χ3v) is 5.32. The van der Waals surface area contributed by atoms with Crippen molar-refractivity contribution in [1.29, 1.82) is 0 Å². The summed E-state index contributed by atoms with van der Waals surface area (Å²) in [4.78, 5) is 37.0. The highest BCUT2D eigenvalue weighted by Crippen LogP contribution is 2.35. The summed E-state index contributed by atoms with van der Waals surface area (Å²) in [6, 6.07) is 2.23. The number of carbonyl (C=O) groups excluding carboxylic acids is 3. The summed E-state index contributed by atoms with van der Waals surface area (Å²) < 4.78 is 34.8. The molecule has 0 aliphatic carbocycles. The summed E-state index contributed by atoms with van der Waals surface area (Å²) in [7, 11) is 0. The minimum atomic E-state index is -0.870. The number of rotatable bonds is 2. The molecule has 2 saturated heterocycles. The molecule has 3 amide bonds. The first-order valence-electron chi connectivity index (χ1n) is 9.85. The van der Waals surface area contributed by atoms with Crippen molar-refractivity contribution in [2.75, 3.05) is 13.1 Å². The first kappa shape index (κ1) is 21.2. The second-order valence-corrected chi connectivity index (χ2v) is 8.64. The molecule has 2 heterocycles. The van der Waals surface area contributed by atoms with Gasteiger partial charge in [0.15, 0.2) is 0 Å². The molecular weight excluding hydrogens is 382 g/mol. The fraction of sp³-hybridized carbons (Fsp3) is 0.571. The van der Waals surface area contributed by atoms with E-state index >= 15 is 0 Å². The number of ether oxygens (including phenoxy) is 1. The summed E-state index contributed by atoms with van der Waals surface area (Å²) in [6.45, 7) is 6.17. The molecule has 29 heavy (non-hydrogen) atoms. The van der Waals surface area contributed by atoms with Gasteiger partial charge in [0.2, 0.25) is 11.8 Å². The van der Waals surface area contributed by atoms with Gasteiger partial charge >= 0.3 is 6.09 Å². The predicted molar refractivity (Wildman–Crippen MR) is 101 cm³/mol. The molecule has 0 saturated carbocycles. The van der Waals surface area contributed by atoms with Crippen molar-refractivity contribution in [2.24, 2.45) is 0 Å². The Morgan fingerprint density at radius 1 is 1.07 bits per heavy atom. The second-order valence-electron chi connectivity index (χ2n) is 8.64. The molecule has 2 aliphatic heterocycles. The van der Waals surface area contributed by atoms with E-state index in [4.69, 9.17) is 4.74 Å². The third kappa shape index (κ3) is 4.92. The molecule has 1 aromatic rings. The number of carbonyl (C=O) groups is 3. The molecule has 3 rings (SSSR count). The quantitative estimate of drug-likeness (QED) is 0.759. The molecule has 1 unspecified atom stereocenters. The minimum Gasteiger partial charge on any atom is -0.444 e. The van der Waals surface area contributed by atoms with Crippen LogP contribution in [0.15, 0.2) is 12.1 Å². The molecule has 1 aromatic carbocycles. The number of imide groups is 1. The Balaban J connectivity index is 1.70. The lowest BCUT2D eigenvalue weighted by Gasteiger charge is -2.34. The van der Waals surface area contributed by atoms with Crippen molar-refractivity contribution < 1.29 is 27.9 Å². The first-order valence-corrected chi connectivity index (χ1v) is 9.85. The third-order valence-electron chi connectivity index (χ3n) is 5.32. The van der Waals surface area contributed by atoms with Crippen LogP contribution in [-0.2, 0) is 14.3 Å². The number of hydrogen-bond acceptors (Lipinski definition) is 4. The molecule has 6 nitrogen and oxygen atoms in total. The SMILES string of the molecule is CC(C)(C)OC(=O)N1CCC(c2cc(F)c(C3CCC(=O)NC3=O)cc2F)CC1. The van der Waals surface area contributed by atoms with Crippen molar-refractivity contribution in [3.05, 3.63) is 34.9 Å². The Kier molecular flexibility index (Phi) is 5.91. The van der Waals surface area contributed by atoms with Crippen molar-refractivity contribution in [3.8, 4) is 0 Å². The van der Waals surface area contributed by atoms with Gasteiger partial charge < -0.3 is 9.64 Å². The van der Waals surface area contributed by atoms with Gasteiger partial charge in [-0.25, -0.2) is 13.6 Å². The van der Waals surface area contributed by atoms with Crippen LogP contribution in [-0.4, -0.2) is 41.5 Å². The lowest BCUT2D eigenvalue weighted by molar-refractivity contribution is -0.134. The number of nitrogens with one attached hydrogen (secondary N) is 1. The Hall–Kier alpha value is -2.51. The van der Waals surface area contributed by atoms with Crippen LogP contribution in [0.5, 0.6) is 0 Å². The molecule has 8 heteroatoms. The predicted octanol–water partition coefficient (Wildman–Crippen LogP) is 3.60. The fourth-order valence-corrected chi connectivity index (χ4v) is 3.85. The molecule has 0 spiro atoms. The average molecular weight is 408 g/mol. The van der Waals surface area contributed by atoms with E-state index in [0.717, 1.165) is 12.1 Å². The van der Waals surface area contributed by atoms with Gasteiger partial charge in [-0.3, -0.25) is 14.9 Å². The standard InChI is InChI=1S/C21H26F2N2O4/c1-21(2,3)29-20(28)25-8-6-12(7-9-25)14-10-17(23)15(11-16(14)22)13-4-5-18(26)24-19(13)27/h10-13H,4-9H2,1-3H3,(H,24,26,27). The summed E-state index contributed by atoms with van der Waals surface area (Å²) in [6.07, 6.45) is 0.841. The fourth-order valence-electron chi connectivity index (χ4n) is 3.85. The summed E-state index contributed by atoms with van der Waals surface area (Å²) in [5.41, 5.74) is -0.362. The van der Waals surface area contributed by atoms with Crippen LogP contribution < -0.4 is 5.32 Å². The van der Waals surface area contributed by atoms with E-state index in [9.17, 15) is 23.2 Å². The van der Waals surface area contributed by atoms with Crippen molar-refractivity contribution in [2.45, 2.75) is 63.9 Å². The first-order chi connectivity index (χ1) is 13.5. The Labute approximate surface area is 168 Å². The number of benzene rings is 1. The number of hydrogen-bond donors (Lipinski definition) is 1. The van der Waals surface area contributed by atoms with Crippen molar-refractivity contribution in [3.63, 3.8) is 0 Å². The van der Waals surface area contributed by atoms with Crippen LogP contribution in [0.3, 0.4) is 0 Å². The van der Waals surface area contributed by atoms with Crippen LogP contribution in [0.4, 0.5) is 13.6 Å². The van der Waals surface area contributed by atoms with Gasteiger partial charge in [-0.1, -0.05) is 0 Å². The number of likely N-dealkylation sites (tertiary alicyclic amines) is 1. The van der Waals surface area contributed by atoms with E-state index in [2.05, 4.69) is 5.32 Å². The lowest BCUT2D eigenvalue weighted by atomic mass is 9.85. The summed E-state index contributed by atoms with van der Waals surface area (Å²) in [5.74, 6) is -3.31. The van der Waals surface area contributed by atoms with Crippen LogP contribution in [0.2, 0.25) is 0 Å². The zero-order valence-corrected chi connectivity index (χ0v) is 16.9. The van der Waals surface area contributed by atoms with Gasteiger partial charge in [0.05, 0.1) is 5.92 Å². The monoisotopic (exact) mass is 408 g/mol. The Morgan fingerprint density at radius 3 is 2.24 bits per heavy atom. The van der Waals surface area contributed by atoms with E-state index in [0.29, 0.717) is 25.9 Å². The van der Waals surface area contributed by atoms with Crippen LogP contribution in [0, 0.1) is 11.6 Å². The highest BCUT2D eigenvalue weighted by atomic mass is 19.1. The highest BCUT2D eigenvalue weighted by Gasteiger charge is 2.33. The molecule has 0 radical (unpaired) electrons. The van der Waals surface area contributed by atoms with E-state index < -0.39 is 41.1 Å². The number of piperidine rings is 2. The largest absolute Gasteiger partial charge is 0.444 e. The molecule has 2 aliphatic rings. The van der Waals surface area contributed by atoms with Crippen molar-refractivity contribution >= 4 is 17.9 Å². The molecule has 1 atom stereocenters. The van der Waals surface area contributed by atoms with E-state index in [-0.39, 0.29) is 29.9 Å².